The van der Waals surface area contributed by atoms with E-state index in [1.54, 1.807) is 6.07 Å². The van der Waals surface area contributed by atoms with Gasteiger partial charge in [-0.15, -0.1) is 0 Å². The molecule has 0 radical (unpaired) electrons. The van der Waals surface area contributed by atoms with Gasteiger partial charge >= 0.3 is 0 Å². The highest BCUT2D eigenvalue weighted by Crippen LogP contribution is 2.24. The Hall–Kier alpha value is -0.680. The van der Waals surface area contributed by atoms with Gasteiger partial charge in [0.1, 0.15) is 5.82 Å². The summed E-state index contributed by atoms with van der Waals surface area (Å²) in [5.41, 5.74) is 6.66. The van der Waals surface area contributed by atoms with E-state index >= 15 is 0 Å². The molecular weight excluding hydrogens is 243 g/mol. The summed E-state index contributed by atoms with van der Waals surface area (Å²) in [6.07, 6.45) is 0. The van der Waals surface area contributed by atoms with Crippen LogP contribution in [0.25, 0.3) is 0 Å². The molecule has 94 valence electrons. The Kier molecular flexibility index (Phi) is 4.34. The number of halogens is 2. The van der Waals surface area contributed by atoms with E-state index in [1.807, 2.05) is 6.07 Å². The molecule has 1 unspecified atom stereocenters. The van der Waals surface area contributed by atoms with E-state index in [-0.39, 0.29) is 11.1 Å². The fraction of sp³-hybridized carbons (Fsp3) is 0.500. The Morgan fingerprint density at radius 1 is 1.41 bits per heavy atom. The van der Waals surface area contributed by atoms with Crippen molar-refractivity contribution in [1.29, 1.82) is 0 Å². The second-order valence-electron chi connectivity index (χ2n) is 4.07. The maximum atomic E-state index is 13.4. The largest absolute Gasteiger partial charge is 0.379 e. The van der Waals surface area contributed by atoms with Crippen LogP contribution in [0.1, 0.15) is 11.6 Å². The summed E-state index contributed by atoms with van der Waals surface area (Å²) in [5.74, 6) is -0.393. The summed E-state index contributed by atoms with van der Waals surface area (Å²) in [5, 5.41) is 0.145. The average molecular weight is 259 g/mol. The van der Waals surface area contributed by atoms with Crippen LogP contribution in [-0.4, -0.2) is 37.7 Å². The van der Waals surface area contributed by atoms with Crippen molar-refractivity contribution in [1.82, 2.24) is 4.90 Å². The first kappa shape index (κ1) is 12.8. The van der Waals surface area contributed by atoms with E-state index in [0.29, 0.717) is 19.8 Å². The van der Waals surface area contributed by atoms with Gasteiger partial charge in [0, 0.05) is 25.7 Å². The minimum Gasteiger partial charge on any atom is -0.379 e. The van der Waals surface area contributed by atoms with Crippen LogP contribution in [0, 0.1) is 5.82 Å². The second kappa shape index (κ2) is 5.78. The highest BCUT2D eigenvalue weighted by molar-refractivity contribution is 6.30. The first-order valence-corrected chi connectivity index (χ1v) is 6.07. The van der Waals surface area contributed by atoms with Gasteiger partial charge in [0.05, 0.1) is 18.2 Å². The minimum absolute atomic E-state index is 0.0330. The highest BCUT2D eigenvalue weighted by Gasteiger charge is 2.21. The molecule has 2 N–H and O–H groups in total. The molecule has 1 aliphatic rings. The molecular formula is C12H16ClFN2O. The van der Waals surface area contributed by atoms with Crippen molar-refractivity contribution in [2.24, 2.45) is 5.73 Å². The lowest BCUT2D eigenvalue weighted by atomic mass is 10.0. The Bertz CT molecular complexity index is 383. The SMILES string of the molecule is NCC(c1ccc(Cl)c(F)c1)N1CCOCC1. The van der Waals surface area contributed by atoms with Crippen LogP contribution < -0.4 is 5.73 Å². The maximum absolute atomic E-state index is 13.4. The summed E-state index contributed by atoms with van der Waals surface area (Å²) >= 11 is 5.67. The van der Waals surface area contributed by atoms with Gasteiger partial charge in [-0.25, -0.2) is 4.39 Å². The van der Waals surface area contributed by atoms with Crippen LogP contribution in [-0.2, 0) is 4.74 Å². The van der Waals surface area contributed by atoms with Crippen LogP contribution >= 0.6 is 11.6 Å². The maximum Gasteiger partial charge on any atom is 0.142 e. The summed E-state index contributed by atoms with van der Waals surface area (Å²) in [6, 6.07) is 4.91. The lowest BCUT2D eigenvalue weighted by Gasteiger charge is -2.34. The zero-order chi connectivity index (χ0) is 12.3. The fourth-order valence-corrected chi connectivity index (χ4v) is 2.22. The predicted octanol–water partition coefficient (Wildman–Crippen LogP) is 1.81. The molecule has 0 bridgehead atoms. The second-order valence-corrected chi connectivity index (χ2v) is 4.48. The smallest absolute Gasteiger partial charge is 0.142 e. The van der Waals surface area contributed by atoms with Gasteiger partial charge in [0.2, 0.25) is 0 Å². The lowest BCUT2D eigenvalue weighted by Crippen LogP contribution is -2.41. The standard InChI is InChI=1S/C12H16ClFN2O/c13-10-2-1-9(7-11(10)14)12(8-15)16-3-5-17-6-4-16/h1-2,7,12H,3-6,8,15H2. The molecule has 1 heterocycles. The number of nitrogens with zero attached hydrogens (tertiary/aromatic N) is 1. The van der Waals surface area contributed by atoms with E-state index in [1.165, 1.54) is 6.07 Å². The Morgan fingerprint density at radius 2 is 2.12 bits per heavy atom. The van der Waals surface area contributed by atoms with Crippen LogP contribution in [0.3, 0.4) is 0 Å². The summed E-state index contributed by atoms with van der Waals surface area (Å²) in [6.45, 7) is 3.51. The third-order valence-corrected chi connectivity index (χ3v) is 3.34. The minimum atomic E-state index is -0.393. The molecule has 5 heteroatoms. The van der Waals surface area contributed by atoms with Crippen molar-refractivity contribution in [3.05, 3.63) is 34.6 Å². The van der Waals surface area contributed by atoms with Crippen LogP contribution in [0.5, 0.6) is 0 Å². The van der Waals surface area contributed by atoms with Gasteiger partial charge in [-0.3, -0.25) is 4.90 Å². The lowest BCUT2D eigenvalue weighted by molar-refractivity contribution is 0.0178. The van der Waals surface area contributed by atoms with Gasteiger partial charge < -0.3 is 10.5 Å². The average Bonchev–Trinajstić information content (AvgIpc) is 2.36. The molecule has 0 aromatic heterocycles. The summed E-state index contributed by atoms with van der Waals surface area (Å²) in [4.78, 5) is 2.21. The van der Waals surface area contributed by atoms with Gasteiger partial charge in [0.15, 0.2) is 0 Å². The third-order valence-electron chi connectivity index (χ3n) is 3.04. The van der Waals surface area contributed by atoms with E-state index in [0.717, 1.165) is 18.7 Å². The van der Waals surface area contributed by atoms with Crippen molar-refractivity contribution < 1.29 is 9.13 Å². The van der Waals surface area contributed by atoms with E-state index in [2.05, 4.69) is 4.90 Å². The number of nitrogens with two attached hydrogens (primary N) is 1. The molecule has 3 nitrogen and oxygen atoms in total. The molecule has 1 atom stereocenters. The first-order chi connectivity index (χ1) is 8.22. The van der Waals surface area contributed by atoms with Crippen molar-refractivity contribution in [2.75, 3.05) is 32.8 Å². The van der Waals surface area contributed by atoms with Gasteiger partial charge in [-0.2, -0.15) is 0 Å². The van der Waals surface area contributed by atoms with Gasteiger partial charge in [0.25, 0.3) is 0 Å². The van der Waals surface area contributed by atoms with Gasteiger partial charge in [-0.1, -0.05) is 17.7 Å². The first-order valence-electron chi connectivity index (χ1n) is 5.69. The summed E-state index contributed by atoms with van der Waals surface area (Å²) in [7, 11) is 0. The molecule has 1 saturated heterocycles. The predicted molar refractivity (Wildman–Crippen MR) is 65.6 cm³/mol. The molecule has 1 fully saturated rings. The van der Waals surface area contributed by atoms with Crippen LogP contribution in [0.15, 0.2) is 18.2 Å². The molecule has 0 spiro atoms. The van der Waals surface area contributed by atoms with Crippen LogP contribution in [0.4, 0.5) is 4.39 Å². The Balaban J connectivity index is 2.18. The molecule has 2 rings (SSSR count). The topological polar surface area (TPSA) is 38.5 Å². The monoisotopic (exact) mass is 258 g/mol. The van der Waals surface area contributed by atoms with E-state index in [4.69, 9.17) is 22.1 Å². The number of hydrogen-bond acceptors (Lipinski definition) is 3. The van der Waals surface area contributed by atoms with Crippen molar-refractivity contribution >= 4 is 11.6 Å². The quantitative estimate of drug-likeness (QED) is 0.899. The number of morpholine rings is 1. The Morgan fingerprint density at radius 3 is 2.71 bits per heavy atom. The number of hydrogen-bond donors (Lipinski definition) is 1. The number of rotatable bonds is 3. The normalized spacial score (nSPS) is 19.2. The number of benzene rings is 1. The van der Waals surface area contributed by atoms with Crippen LogP contribution in [0.2, 0.25) is 5.02 Å². The van der Waals surface area contributed by atoms with Gasteiger partial charge in [-0.05, 0) is 17.7 Å². The van der Waals surface area contributed by atoms with Crippen molar-refractivity contribution in [3.63, 3.8) is 0 Å². The molecule has 0 saturated carbocycles. The molecule has 17 heavy (non-hydrogen) atoms. The fourth-order valence-electron chi connectivity index (χ4n) is 2.10. The molecule has 1 aromatic rings. The molecule has 0 amide bonds. The highest BCUT2D eigenvalue weighted by atomic mass is 35.5. The molecule has 1 aliphatic heterocycles. The molecule has 0 aliphatic carbocycles. The molecule has 1 aromatic carbocycles. The zero-order valence-corrected chi connectivity index (χ0v) is 10.3. The third kappa shape index (κ3) is 2.96. The van der Waals surface area contributed by atoms with Crippen molar-refractivity contribution in [3.8, 4) is 0 Å². The Labute approximate surface area is 105 Å². The van der Waals surface area contributed by atoms with Crippen molar-refractivity contribution in [2.45, 2.75) is 6.04 Å². The number of ether oxygens (including phenoxy) is 1. The summed E-state index contributed by atoms with van der Waals surface area (Å²) < 4.78 is 18.7. The van der Waals surface area contributed by atoms with E-state index in [9.17, 15) is 4.39 Å². The van der Waals surface area contributed by atoms with E-state index < -0.39 is 5.82 Å². The zero-order valence-electron chi connectivity index (χ0n) is 9.53.